The molecule has 0 bridgehead atoms. The lowest BCUT2D eigenvalue weighted by Gasteiger charge is -2.17. The molecule has 2 amide bonds. The summed E-state index contributed by atoms with van der Waals surface area (Å²) in [6, 6.07) is 7.39. The van der Waals surface area contributed by atoms with Crippen molar-refractivity contribution in [2.45, 2.75) is 6.92 Å². The van der Waals surface area contributed by atoms with Gasteiger partial charge in [-0.1, -0.05) is 17.3 Å². The van der Waals surface area contributed by atoms with E-state index in [-0.39, 0.29) is 18.4 Å². The van der Waals surface area contributed by atoms with Crippen LogP contribution in [0.2, 0.25) is 0 Å². The average Bonchev–Trinajstić information content (AvgIpc) is 2.86. The molecule has 0 fully saturated rings. The minimum atomic E-state index is -0.428. The number of hydrogen-bond acceptors (Lipinski definition) is 4. The summed E-state index contributed by atoms with van der Waals surface area (Å²) in [5.41, 5.74) is 0. The fourth-order valence-corrected chi connectivity index (χ4v) is 1.59. The van der Waals surface area contributed by atoms with Gasteiger partial charge in [-0.15, -0.1) is 0 Å². The molecule has 1 heterocycles. The number of carbonyl (C=O) groups is 1. The molecular formula is C14H16FN3O3. The molecule has 0 aliphatic carbocycles. The number of benzene rings is 1. The van der Waals surface area contributed by atoms with Crippen molar-refractivity contribution >= 4 is 11.8 Å². The maximum absolute atomic E-state index is 13.3. The van der Waals surface area contributed by atoms with Crippen LogP contribution in [0.15, 0.2) is 34.9 Å². The molecule has 1 N–H and O–H groups in total. The Morgan fingerprint density at radius 2 is 2.24 bits per heavy atom. The first-order chi connectivity index (χ1) is 10.1. The number of halogens is 1. The number of nitrogens with one attached hydrogen (secondary N) is 1. The molecule has 0 saturated heterocycles. The van der Waals surface area contributed by atoms with Gasteiger partial charge in [-0.05, 0) is 19.1 Å². The zero-order valence-corrected chi connectivity index (χ0v) is 11.8. The van der Waals surface area contributed by atoms with Crippen molar-refractivity contribution in [3.05, 3.63) is 41.9 Å². The molecular weight excluding hydrogens is 277 g/mol. The molecule has 6 nitrogen and oxygen atoms in total. The van der Waals surface area contributed by atoms with E-state index in [9.17, 15) is 9.18 Å². The van der Waals surface area contributed by atoms with Crippen molar-refractivity contribution in [3.63, 3.8) is 0 Å². The molecule has 0 aliphatic heterocycles. The lowest BCUT2D eigenvalue weighted by molar-refractivity contribution is 0.205. The van der Waals surface area contributed by atoms with E-state index in [4.69, 9.17) is 9.26 Å². The molecule has 1 aromatic heterocycles. The van der Waals surface area contributed by atoms with Crippen LogP contribution < -0.4 is 10.1 Å². The Balaban J connectivity index is 1.77. The number of para-hydroxylation sites is 1. The summed E-state index contributed by atoms with van der Waals surface area (Å²) in [7, 11) is 1.60. The minimum absolute atomic E-state index is 0.165. The summed E-state index contributed by atoms with van der Waals surface area (Å²) in [4.78, 5) is 13.2. The summed E-state index contributed by atoms with van der Waals surface area (Å²) in [5.74, 6) is 0.691. The van der Waals surface area contributed by atoms with Gasteiger partial charge in [0, 0.05) is 13.1 Å². The highest BCUT2D eigenvalue weighted by Gasteiger charge is 2.11. The van der Waals surface area contributed by atoms with Gasteiger partial charge in [-0.25, -0.2) is 9.18 Å². The first-order valence-corrected chi connectivity index (χ1v) is 6.39. The normalized spacial score (nSPS) is 10.2. The molecule has 0 aliphatic rings. The number of urea groups is 1. The number of amides is 2. The third-order valence-electron chi connectivity index (χ3n) is 2.73. The molecule has 0 radical (unpaired) electrons. The van der Waals surface area contributed by atoms with Crippen molar-refractivity contribution in [1.29, 1.82) is 0 Å². The Hall–Kier alpha value is -2.57. The number of nitrogens with zero attached hydrogens (tertiary/aromatic N) is 2. The van der Waals surface area contributed by atoms with E-state index in [1.54, 1.807) is 32.2 Å². The van der Waals surface area contributed by atoms with Crippen molar-refractivity contribution in [3.8, 4) is 5.75 Å². The quantitative estimate of drug-likeness (QED) is 0.920. The number of rotatable bonds is 5. The Kier molecular flexibility index (Phi) is 4.76. The lowest BCUT2D eigenvalue weighted by atomic mass is 10.3. The smallest absolute Gasteiger partial charge is 0.322 e. The number of hydrogen-bond donors (Lipinski definition) is 1. The van der Waals surface area contributed by atoms with Gasteiger partial charge in [0.25, 0.3) is 0 Å². The summed E-state index contributed by atoms with van der Waals surface area (Å²) in [6.07, 6.45) is 0. The van der Waals surface area contributed by atoms with Crippen LogP contribution >= 0.6 is 0 Å². The minimum Gasteiger partial charge on any atom is -0.489 e. The Bertz CT molecular complexity index is 615. The van der Waals surface area contributed by atoms with Crippen LogP contribution in [0.1, 0.15) is 5.76 Å². The molecule has 0 atom stereocenters. The van der Waals surface area contributed by atoms with Gasteiger partial charge in [0.05, 0.1) is 6.54 Å². The van der Waals surface area contributed by atoms with Crippen LogP contribution in [-0.4, -0.2) is 36.3 Å². The SMILES string of the molecule is Cc1cc(NC(=O)N(C)CCOc2ccccc2F)no1. The van der Waals surface area contributed by atoms with Crippen LogP contribution in [0.25, 0.3) is 0 Å². The molecule has 0 unspecified atom stereocenters. The summed E-state index contributed by atoms with van der Waals surface area (Å²) < 4.78 is 23.5. The second-order valence-corrected chi connectivity index (χ2v) is 4.45. The van der Waals surface area contributed by atoms with E-state index >= 15 is 0 Å². The van der Waals surface area contributed by atoms with E-state index in [1.165, 1.54) is 17.0 Å². The van der Waals surface area contributed by atoms with E-state index in [0.29, 0.717) is 18.1 Å². The van der Waals surface area contributed by atoms with Crippen molar-refractivity contribution < 1.29 is 18.4 Å². The Morgan fingerprint density at radius 1 is 1.48 bits per heavy atom. The molecule has 2 aromatic rings. The zero-order valence-electron chi connectivity index (χ0n) is 11.8. The van der Waals surface area contributed by atoms with Crippen molar-refractivity contribution in [2.75, 3.05) is 25.5 Å². The topological polar surface area (TPSA) is 67.6 Å². The van der Waals surface area contributed by atoms with Gasteiger partial charge in [0.2, 0.25) is 0 Å². The highest BCUT2D eigenvalue weighted by Crippen LogP contribution is 2.15. The lowest BCUT2D eigenvalue weighted by Crippen LogP contribution is -2.34. The fourth-order valence-electron chi connectivity index (χ4n) is 1.59. The molecule has 1 aromatic carbocycles. The Labute approximate surface area is 121 Å². The van der Waals surface area contributed by atoms with Gasteiger partial charge in [-0.3, -0.25) is 5.32 Å². The highest BCUT2D eigenvalue weighted by molar-refractivity contribution is 5.88. The largest absolute Gasteiger partial charge is 0.489 e. The zero-order chi connectivity index (χ0) is 15.2. The molecule has 0 saturated carbocycles. The van der Waals surface area contributed by atoms with Crippen LogP contribution in [0.5, 0.6) is 5.75 Å². The van der Waals surface area contributed by atoms with E-state index in [2.05, 4.69) is 10.5 Å². The van der Waals surface area contributed by atoms with Crippen LogP contribution in [0.4, 0.5) is 15.0 Å². The number of aryl methyl sites for hydroxylation is 1. The molecule has 112 valence electrons. The third kappa shape index (κ3) is 4.20. The van der Waals surface area contributed by atoms with Gasteiger partial charge in [0.15, 0.2) is 17.4 Å². The number of carbonyl (C=O) groups excluding carboxylic acids is 1. The maximum Gasteiger partial charge on any atom is 0.322 e. The monoisotopic (exact) mass is 293 g/mol. The maximum atomic E-state index is 13.3. The van der Waals surface area contributed by atoms with E-state index < -0.39 is 5.82 Å². The second kappa shape index (κ2) is 6.74. The standard InChI is InChI=1S/C14H16FN3O3/c1-10-9-13(17-21-10)16-14(19)18(2)7-8-20-12-6-4-3-5-11(12)15/h3-6,9H,7-8H2,1-2H3,(H,16,17,19). The number of aromatic nitrogens is 1. The Morgan fingerprint density at radius 3 is 2.90 bits per heavy atom. The van der Waals surface area contributed by atoms with E-state index in [1.807, 2.05) is 0 Å². The van der Waals surface area contributed by atoms with Gasteiger partial charge in [0.1, 0.15) is 12.4 Å². The first-order valence-electron chi connectivity index (χ1n) is 6.39. The predicted molar refractivity (Wildman–Crippen MR) is 74.8 cm³/mol. The average molecular weight is 293 g/mol. The summed E-state index contributed by atoms with van der Waals surface area (Å²) in [5, 5.41) is 6.24. The van der Waals surface area contributed by atoms with Gasteiger partial charge in [-0.2, -0.15) is 0 Å². The summed E-state index contributed by atoms with van der Waals surface area (Å²) >= 11 is 0. The number of likely N-dealkylation sites (N-methyl/N-ethyl adjacent to an activating group) is 1. The van der Waals surface area contributed by atoms with Gasteiger partial charge >= 0.3 is 6.03 Å². The molecule has 0 spiro atoms. The third-order valence-corrected chi connectivity index (χ3v) is 2.73. The number of ether oxygens (including phenoxy) is 1. The van der Waals surface area contributed by atoms with Crippen LogP contribution in [0.3, 0.4) is 0 Å². The second-order valence-electron chi connectivity index (χ2n) is 4.45. The first kappa shape index (κ1) is 14.8. The fraction of sp³-hybridized carbons (Fsp3) is 0.286. The number of anilines is 1. The molecule has 2 rings (SSSR count). The van der Waals surface area contributed by atoms with Gasteiger partial charge < -0.3 is 14.2 Å². The van der Waals surface area contributed by atoms with Crippen LogP contribution in [-0.2, 0) is 0 Å². The van der Waals surface area contributed by atoms with Crippen molar-refractivity contribution in [2.24, 2.45) is 0 Å². The van der Waals surface area contributed by atoms with E-state index in [0.717, 1.165) is 0 Å². The molecule has 7 heteroatoms. The predicted octanol–water partition coefficient (Wildman–Crippen LogP) is 2.66. The van der Waals surface area contributed by atoms with Crippen LogP contribution in [0, 0.1) is 12.7 Å². The van der Waals surface area contributed by atoms with Crippen molar-refractivity contribution in [1.82, 2.24) is 10.1 Å². The molecule has 21 heavy (non-hydrogen) atoms. The highest BCUT2D eigenvalue weighted by atomic mass is 19.1. The summed E-state index contributed by atoms with van der Waals surface area (Å²) in [6.45, 7) is 2.22.